The number of ether oxygens (including phenoxy) is 2. The molecule has 0 radical (unpaired) electrons. The van der Waals surface area contributed by atoms with Crippen LogP contribution in [0.1, 0.15) is 32.7 Å². The maximum absolute atomic E-state index is 13.0. The molecule has 0 bridgehead atoms. The lowest BCUT2D eigenvalue weighted by molar-refractivity contribution is -0.116. The summed E-state index contributed by atoms with van der Waals surface area (Å²) in [5.74, 6) is 0.106. The standard InChI is InChI=1S/C27H29N3O5/c1-30(18-19-9-5-4-6-10-19)27(33)23-11-7-8-12-24(23)29-25(31)13-14-28-26(32)20-15-21(34-2)17-22(16-20)35-3/h4-12,15-17H,13-14,18H2,1-3H3,(H,28,32)(H,29,31). The molecule has 0 aliphatic rings. The number of hydrogen-bond donors (Lipinski definition) is 2. The van der Waals surface area contributed by atoms with Crippen molar-refractivity contribution < 1.29 is 23.9 Å². The van der Waals surface area contributed by atoms with Gasteiger partial charge in [0.05, 0.1) is 25.5 Å². The van der Waals surface area contributed by atoms with Crippen molar-refractivity contribution in [2.45, 2.75) is 13.0 Å². The minimum atomic E-state index is -0.354. The Bertz CT molecular complexity index is 1160. The molecule has 2 N–H and O–H groups in total. The van der Waals surface area contributed by atoms with Crippen LogP contribution in [-0.2, 0) is 11.3 Å². The number of para-hydroxylation sites is 1. The first-order chi connectivity index (χ1) is 16.9. The van der Waals surface area contributed by atoms with Gasteiger partial charge in [-0.2, -0.15) is 0 Å². The molecule has 0 saturated carbocycles. The molecule has 0 spiro atoms. The second-order valence-corrected chi connectivity index (χ2v) is 7.85. The van der Waals surface area contributed by atoms with Gasteiger partial charge in [-0.1, -0.05) is 42.5 Å². The fourth-order valence-electron chi connectivity index (χ4n) is 3.46. The van der Waals surface area contributed by atoms with E-state index in [2.05, 4.69) is 10.6 Å². The average Bonchev–Trinajstić information content (AvgIpc) is 2.88. The molecule has 0 fully saturated rings. The predicted octanol–water partition coefficient (Wildman–Crippen LogP) is 3.73. The molecule has 3 aromatic carbocycles. The smallest absolute Gasteiger partial charge is 0.256 e. The highest BCUT2D eigenvalue weighted by molar-refractivity contribution is 6.03. The number of benzene rings is 3. The van der Waals surface area contributed by atoms with E-state index in [1.54, 1.807) is 54.4 Å². The van der Waals surface area contributed by atoms with E-state index in [-0.39, 0.29) is 30.7 Å². The molecular formula is C27H29N3O5. The number of amides is 3. The molecule has 0 saturated heterocycles. The van der Waals surface area contributed by atoms with Crippen LogP contribution in [0.15, 0.2) is 72.8 Å². The molecule has 0 atom stereocenters. The second kappa shape index (κ2) is 12.2. The van der Waals surface area contributed by atoms with Crippen molar-refractivity contribution in [1.29, 1.82) is 0 Å². The van der Waals surface area contributed by atoms with Crippen LogP contribution in [-0.4, -0.2) is 50.4 Å². The third kappa shape index (κ3) is 7.07. The highest BCUT2D eigenvalue weighted by Gasteiger charge is 2.17. The topological polar surface area (TPSA) is 97.0 Å². The number of carbonyl (C=O) groups excluding carboxylic acids is 3. The summed E-state index contributed by atoms with van der Waals surface area (Å²) in [4.78, 5) is 39.6. The van der Waals surface area contributed by atoms with Crippen molar-refractivity contribution in [3.63, 3.8) is 0 Å². The van der Waals surface area contributed by atoms with Crippen LogP contribution in [0, 0.1) is 0 Å². The fourth-order valence-corrected chi connectivity index (χ4v) is 3.46. The first-order valence-corrected chi connectivity index (χ1v) is 11.1. The van der Waals surface area contributed by atoms with Gasteiger partial charge in [-0.3, -0.25) is 14.4 Å². The largest absolute Gasteiger partial charge is 0.497 e. The van der Waals surface area contributed by atoms with E-state index in [0.29, 0.717) is 34.9 Å². The summed E-state index contributed by atoms with van der Waals surface area (Å²) in [7, 11) is 4.72. The Morgan fingerprint density at radius 3 is 2.14 bits per heavy atom. The van der Waals surface area contributed by atoms with Gasteiger partial charge in [0.2, 0.25) is 5.91 Å². The molecule has 35 heavy (non-hydrogen) atoms. The lowest BCUT2D eigenvalue weighted by atomic mass is 10.1. The van der Waals surface area contributed by atoms with Crippen molar-refractivity contribution >= 4 is 23.4 Å². The van der Waals surface area contributed by atoms with Gasteiger partial charge < -0.3 is 25.0 Å². The quantitative estimate of drug-likeness (QED) is 0.466. The monoisotopic (exact) mass is 475 g/mol. The van der Waals surface area contributed by atoms with Gasteiger partial charge in [-0.05, 0) is 29.8 Å². The highest BCUT2D eigenvalue weighted by atomic mass is 16.5. The van der Waals surface area contributed by atoms with E-state index in [0.717, 1.165) is 5.56 Å². The predicted molar refractivity (Wildman–Crippen MR) is 134 cm³/mol. The molecule has 182 valence electrons. The Labute approximate surface area is 204 Å². The third-order valence-electron chi connectivity index (χ3n) is 5.29. The molecule has 0 heterocycles. The first kappa shape index (κ1) is 25.3. The molecule has 0 aliphatic carbocycles. The van der Waals surface area contributed by atoms with Crippen LogP contribution in [0.25, 0.3) is 0 Å². The van der Waals surface area contributed by atoms with Gasteiger partial charge in [-0.15, -0.1) is 0 Å². The summed E-state index contributed by atoms with van der Waals surface area (Å²) in [6, 6.07) is 21.4. The van der Waals surface area contributed by atoms with E-state index < -0.39 is 0 Å². The van der Waals surface area contributed by atoms with E-state index in [1.807, 2.05) is 30.3 Å². The number of nitrogens with one attached hydrogen (secondary N) is 2. The zero-order chi connectivity index (χ0) is 25.2. The SMILES string of the molecule is COc1cc(OC)cc(C(=O)NCCC(=O)Nc2ccccc2C(=O)N(C)Cc2ccccc2)c1. The Kier molecular flexibility index (Phi) is 8.83. The number of anilines is 1. The Morgan fingerprint density at radius 1 is 0.857 bits per heavy atom. The molecule has 3 rings (SSSR count). The number of nitrogens with zero attached hydrogens (tertiary/aromatic N) is 1. The van der Waals surface area contributed by atoms with E-state index in [4.69, 9.17) is 9.47 Å². The van der Waals surface area contributed by atoms with Gasteiger partial charge in [0, 0.05) is 38.2 Å². The van der Waals surface area contributed by atoms with Crippen LogP contribution in [0.2, 0.25) is 0 Å². The molecule has 8 nitrogen and oxygen atoms in total. The van der Waals surface area contributed by atoms with E-state index in [1.165, 1.54) is 14.2 Å². The Hall–Kier alpha value is -4.33. The second-order valence-electron chi connectivity index (χ2n) is 7.85. The normalized spacial score (nSPS) is 10.3. The van der Waals surface area contributed by atoms with Crippen LogP contribution in [0.3, 0.4) is 0 Å². The lowest BCUT2D eigenvalue weighted by Gasteiger charge is -2.19. The molecular weight excluding hydrogens is 446 g/mol. The summed E-state index contributed by atoms with van der Waals surface area (Å²) in [6.45, 7) is 0.567. The molecule has 0 aliphatic heterocycles. The molecule has 0 unspecified atom stereocenters. The van der Waals surface area contributed by atoms with Crippen molar-refractivity contribution in [3.05, 3.63) is 89.5 Å². The Balaban J connectivity index is 1.57. The summed E-state index contributed by atoms with van der Waals surface area (Å²) < 4.78 is 10.4. The first-order valence-electron chi connectivity index (χ1n) is 11.1. The fraction of sp³-hybridized carbons (Fsp3) is 0.222. The molecule has 8 heteroatoms. The van der Waals surface area contributed by atoms with Crippen LogP contribution in [0.5, 0.6) is 11.5 Å². The lowest BCUT2D eigenvalue weighted by Crippen LogP contribution is -2.29. The van der Waals surface area contributed by atoms with Crippen LogP contribution in [0.4, 0.5) is 5.69 Å². The number of rotatable bonds is 10. The average molecular weight is 476 g/mol. The maximum Gasteiger partial charge on any atom is 0.256 e. The minimum absolute atomic E-state index is 0.0369. The maximum atomic E-state index is 13.0. The zero-order valence-corrected chi connectivity index (χ0v) is 20.0. The summed E-state index contributed by atoms with van der Waals surface area (Å²) >= 11 is 0. The summed E-state index contributed by atoms with van der Waals surface area (Å²) in [5.41, 5.74) is 2.19. The van der Waals surface area contributed by atoms with E-state index >= 15 is 0 Å². The minimum Gasteiger partial charge on any atom is -0.497 e. The van der Waals surface area contributed by atoms with Gasteiger partial charge in [-0.25, -0.2) is 0 Å². The number of methoxy groups -OCH3 is 2. The zero-order valence-electron chi connectivity index (χ0n) is 20.0. The third-order valence-corrected chi connectivity index (χ3v) is 5.29. The molecule has 3 aromatic rings. The van der Waals surface area contributed by atoms with Gasteiger partial charge in [0.15, 0.2) is 0 Å². The molecule has 0 aromatic heterocycles. The van der Waals surface area contributed by atoms with E-state index in [9.17, 15) is 14.4 Å². The Morgan fingerprint density at radius 2 is 1.49 bits per heavy atom. The van der Waals surface area contributed by atoms with Gasteiger partial charge in [0.25, 0.3) is 11.8 Å². The van der Waals surface area contributed by atoms with Crippen LogP contribution < -0.4 is 20.1 Å². The molecule has 3 amide bonds. The van der Waals surface area contributed by atoms with Gasteiger partial charge in [0.1, 0.15) is 11.5 Å². The van der Waals surface area contributed by atoms with Crippen LogP contribution >= 0.6 is 0 Å². The van der Waals surface area contributed by atoms with Crippen molar-refractivity contribution in [2.24, 2.45) is 0 Å². The highest BCUT2D eigenvalue weighted by Crippen LogP contribution is 2.22. The summed E-state index contributed by atoms with van der Waals surface area (Å²) in [5, 5.41) is 5.50. The number of carbonyl (C=O) groups is 3. The van der Waals surface area contributed by atoms with Crippen molar-refractivity contribution in [2.75, 3.05) is 33.1 Å². The summed E-state index contributed by atoms with van der Waals surface area (Å²) in [6.07, 6.45) is 0.0369. The van der Waals surface area contributed by atoms with Gasteiger partial charge >= 0.3 is 0 Å². The number of hydrogen-bond acceptors (Lipinski definition) is 5. The van der Waals surface area contributed by atoms with Crippen molar-refractivity contribution in [3.8, 4) is 11.5 Å². The van der Waals surface area contributed by atoms with Crippen molar-refractivity contribution in [1.82, 2.24) is 10.2 Å².